The molecule has 2 aromatic heterocycles. The summed E-state index contributed by atoms with van der Waals surface area (Å²) in [6.07, 6.45) is 0. The normalized spacial score (nSPS) is 11.3. The number of anilines is 3. The molecule has 2 heterocycles. The summed E-state index contributed by atoms with van der Waals surface area (Å²) in [7, 11) is 0. The maximum Gasteiger partial charge on any atom is 0.160 e. The molecule has 0 N–H and O–H groups in total. The van der Waals surface area contributed by atoms with Gasteiger partial charge in [-0.15, -0.1) is 0 Å². The van der Waals surface area contributed by atoms with Gasteiger partial charge in [-0.1, -0.05) is 188 Å². The third-order valence-electron chi connectivity index (χ3n) is 11.4. The first-order chi connectivity index (χ1) is 30.3. The predicted molar refractivity (Wildman–Crippen MR) is 254 cm³/mol. The fourth-order valence-electron chi connectivity index (χ4n) is 8.59. The van der Waals surface area contributed by atoms with Crippen LogP contribution in [-0.2, 0) is 0 Å². The van der Waals surface area contributed by atoms with Crippen molar-refractivity contribution >= 4 is 49.5 Å². The van der Waals surface area contributed by atoms with E-state index in [9.17, 15) is 0 Å². The molecule has 0 aliphatic carbocycles. The zero-order chi connectivity index (χ0) is 40.5. The molecule has 0 spiro atoms. The van der Waals surface area contributed by atoms with Crippen LogP contribution in [0.25, 0.3) is 88.7 Å². The third-order valence-corrected chi connectivity index (χ3v) is 11.4. The van der Waals surface area contributed by atoms with E-state index >= 15 is 0 Å². The third kappa shape index (κ3) is 6.67. The van der Waals surface area contributed by atoms with Crippen LogP contribution in [0, 0.1) is 0 Å². The summed E-state index contributed by atoms with van der Waals surface area (Å²) in [6.45, 7) is 0. The molecular weight excluding hydrogens is 741 g/mol. The molecule has 9 aromatic carbocycles. The highest BCUT2D eigenvalue weighted by Crippen LogP contribution is 2.48. The Hall–Kier alpha value is -8.21. The van der Waals surface area contributed by atoms with Crippen molar-refractivity contribution in [1.82, 2.24) is 15.0 Å². The van der Waals surface area contributed by atoms with E-state index in [0.717, 1.165) is 94.4 Å². The molecule has 61 heavy (non-hydrogen) atoms. The Balaban J connectivity index is 1.24. The van der Waals surface area contributed by atoms with Crippen LogP contribution in [0.15, 0.2) is 231 Å². The molecule has 0 amide bonds. The summed E-state index contributed by atoms with van der Waals surface area (Å²) in [4.78, 5) is 18.6. The Kier molecular flexibility index (Phi) is 9.14. The quantitative estimate of drug-likeness (QED) is 0.144. The summed E-state index contributed by atoms with van der Waals surface area (Å²) in [5.41, 5.74) is 13.0. The van der Waals surface area contributed by atoms with Gasteiger partial charge in [-0.2, -0.15) is 0 Å². The number of benzene rings is 9. The van der Waals surface area contributed by atoms with Gasteiger partial charge in [-0.05, 0) is 64.4 Å². The molecule has 0 aliphatic heterocycles. The number of hydrogen-bond acceptors (Lipinski definition) is 4. The smallest absolute Gasteiger partial charge is 0.160 e. The molecule has 4 nitrogen and oxygen atoms in total. The Morgan fingerprint density at radius 1 is 0.328 bits per heavy atom. The molecule has 0 saturated carbocycles. The van der Waals surface area contributed by atoms with Gasteiger partial charge < -0.3 is 4.90 Å². The second kappa shape index (κ2) is 15.5. The number of hydrogen-bond donors (Lipinski definition) is 0. The molecule has 0 saturated heterocycles. The van der Waals surface area contributed by atoms with Gasteiger partial charge in [0.1, 0.15) is 0 Å². The Morgan fingerprint density at radius 3 is 1.51 bits per heavy atom. The molecular formula is C57H38N4. The fraction of sp³-hybridized carbons (Fsp3) is 0. The van der Waals surface area contributed by atoms with Crippen molar-refractivity contribution in [1.29, 1.82) is 0 Å². The van der Waals surface area contributed by atoms with E-state index in [2.05, 4.69) is 223 Å². The first-order valence-corrected chi connectivity index (χ1v) is 20.6. The Bertz CT molecular complexity index is 3280. The minimum absolute atomic E-state index is 0.663. The van der Waals surface area contributed by atoms with Crippen LogP contribution in [0.2, 0.25) is 0 Å². The molecule has 11 rings (SSSR count). The Labute approximate surface area is 354 Å². The van der Waals surface area contributed by atoms with Crippen molar-refractivity contribution in [3.63, 3.8) is 0 Å². The van der Waals surface area contributed by atoms with Gasteiger partial charge in [0.15, 0.2) is 5.82 Å². The molecule has 0 unspecified atom stereocenters. The van der Waals surface area contributed by atoms with Crippen molar-refractivity contribution in [3.8, 4) is 56.3 Å². The van der Waals surface area contributed by atoms with Gasteiger partial charge in [0.25, 0.3) is 0 Å². The SMILES string of the molecule is c1ccc(-c2ccc(-c3nc(-c4ccccc4)cc(-c4cccc5nc(-c6ccccc6)c6c(N(c7ccccc7)c7ccccc7)cc7ccccc7c6c45)n3)cc2)cc1. The molecule has 4 heteroatoms. The van der Waals surface area contributed by atoms with Crippen LogP contribution in [0.1, 0.15) is 0 Å². The van der Waals surface area contributed by atoms with Crippen LogP contribution in [0.3, 0.4) is 0 Å². The summed E-state index contributed by atoms with van der Waals surface area (Å²) < 4.78 is 0. The van der Waals surface area contributed by atoms with Crippen molar-refractivity contribution in [2.75, 3.05) is 4.90 Å². The number of fused-ring (bicyclic) bond motifs is 5. The first kappa shape index (κ1) is 35.9. The van der Waals surface area contributed by atoms with Gasteiger partial charge in [0.2, 0.25) is 0 Å². The number of nitrogens with zero attached hydrogens (tertiary/aromatic N) is 4. The lowest BCUT2D eigenvalue weighted by Gasteiger charge is -2.29. The summed E-state index contributed by atoms with van der Waals surface area (Å²) >= 11 is 0. The van der Waals surface area contributed by atoms with Crippen LogP contribution in [0.4, 0.5) is 17.1 Å². The van der Waals surface area contributed by atoms with Gasteiger partial charge in [-0.25, -0.2) is 15.0 Å². The molecule has 0 aliphatic rings. The van der Waals surface area contributed by atoms with Crippen molar-refractivity contribution in [2.45, 2.75) is 0 Å². The number of rotatable bonds is 8. The van der Waals surface area contributed by atoms with Gasteiger partial charge in [0.05, 0.1) is 28.3 Å². The van der Waals surface area contributed by atoms with E-state index in [1.807, 2.05) is 12.1 Å². The summed E-state index contributed by atoms with van der Waals surface area (Å²) in [5.74, 6) is 0.663. The van der Waals surface area contributed by atoms with E-state index < -0.39 is 0 Å². The molecule has 286 valence electrons. The van der Waals surface area contributed by atoms with Gasteiger partial charge in [0, 0.05) is 49.8 Å². The van der Waals surface area contributed by atoms with E-state index in [4.69, 9.17) is 15.0 Å². The van der Waals surface area contributed by atoms with Crippen LogP contribution >= 0.6 is 0 Å². The maximum absolute atomic E-state index is 5.63. The maximum atomic E-state index is 5.63. The van der Waals surface area contributed by atoms with Crippen molar-refractivity contribution < 1.29 is 0 Å². The Morgan fingerprint density at radius 2 is 0.852 bits per heavy atom. The lowest BCUT2D eigenvalue weighted by molar-refractivity contribution is 1.18. The van der Waals surface area contributed by atoms with E-state index in [0.29, 0.717) is 5.82 Å². The monoisotopic (exact) mass is 778 g/mol. The minimum atomic E-state index is 0.663. The van der Waals surface area contributed by atoms with Gasteiger partial charge >= 0.3 is 0 Å². The first-order valence-electron chi connectivity index (χ1n) is 20.6. The molecule has 11 aromatic rings. The summed E-state index contributed by atoms with van der Waals surface area (Å²) in [5, 5.41) is 5.51. The lowest BCUT2D eigenvalue weighted by atomic mass is 9.90. The van der Waals surface area contributed by atoms with E-state index in [1.54, 1.807) is 0 Å². The topological polar surface area (TPSA) is 41.9 Å². The molecule has 0 radical (unpaired) electrons. The highest BCUT2D eigenvalue weighted by molar-refractivity contribution is 6.29. The van der Waals surface area contributed by atoms with Crippen molar-refractivity contribution in [3.05, 3.63) is 231 Å². The second-order valence-corrected chi connectivity index (χ2v) is 15.2. The number of para-hydroxylation sites is 2. The predicted octanol–water partition coefficient (Wildman–Crippen LogP) is 15.1. The highest BCUT2D eigenvalue weighted by atomic mass is 15.1. The molecule has 0 bridgehead atoms. The summed E-state index contributed by atoms with van der Waals surface area (Å²) in [6, 6.07) is 80.9. The lowest BCUT2D eigenvalue weighted by Crippen LogP contribution is -2.11. The molecule has 0 atom stereocenters. The van der Waals surface area contributed by atoms with Crippen LogP contribution in [0.5, 0.6) is 0 Å². The standard InChI is InChI=1S/C57H38N4/c1-6-19-39(20-7-1)40-33-35-43(36-34-40)57-59-50(41-21-8-2-9-22-41)38-51(60-57)48-31-18-32-49-53(48)54-47-30-17-16-25-44(47)37-52(55(54)56(58-49)42-23-10-3-11-24-42)61(45-26-12-4-13-27-45)46-28-14-5-15-29-46/h1-38H. The minimum Gasteiger partial charge on any atom is -0.310 e. The van der Waals surface area contributed by atoms with Crippen LogP contribution < -0.4 is 4.90 Å². The molecule has 0 fully saturated rings. The zero-order valence-corrected chi connectivity index (χ0v) is 33.2. The highest BCUT2D eigenvalue weighted by Gasteiger charge is 2.24. The zero-order valence-electron chi connectivity index (χ0n) is 33.2. The fourth-order valence-corrected chi connectivity index (χ4v) is 8.59. The van der Waals surface area contributed by atoms with Crippen LogP contribution in [-0.4, -0.2) is 15.0 Å². The van der Waals surface area contributed by atoms with E-state index in [-0.39, 0.29) is 0 Å². The average molecular weight is 779 g/mol. The number of aromatic nitrogens is 3. The average Bonchev–Trinajstić information content (AvgIpc) is 3.35. The number of pyridine rings is 1. The van der Waals surface area contributed by atoms with Gasteiger partial charge in [-0.3, -0.25) is 0 Å². The second-order valence-electron chi connectivity index (χ2n) is 15.2. The van der Waals surface area contributed by atoms with Crippen molar-refractivity contribution in [2.24, 2.45) is 0 Å². The van der Waals surface area contributed by atoms with E-state index in [1.165, 1.54) is 5.56 Å². The largest absolute Gasteiger partial charge is 0.310 e.